The Morgan fingerprint density at radius 2 is 1.88 bits per heavy atom. The predicted octanol–water partition coefficient (Wildman–Crippen LogP) is 5.65. The number of ether oxygens (including phenoxy) is 3. The van der Waals surface area contributed by atoms with Crippen molar-refractivity contribution in [1.82, 2.24) is 24.9 Å². The standard InChI is InChI=1S/C44H54F3N7O5/c1-27(57-4)39-34(20-31(22-49-39)52-14-13-51-15-16-58-24-32(51)23-52)40-35-21-43(2,3)26-59-42(56)37-9-6-12-54(50-37)41(55)36(48)18-28-7-5-8-29(17-28)30-10-11-38(33(35)19-30)53(40)25-44(45,46)47/h5,7-8,10-11,17,19-20,22,27,32,36-37,50H,6,9,12-16,18,21,23-26,48H2,1-4H3/t27-,32-,36-,37-/m0/s1. The number of piperazine rings is 1. The van der Waals surface area contributed by atoms with E-state index in [1.165, 1.54) is 9.58 Å². The van der Waals surface area contributed by atoms with E-state index in [1.807, 2.05) is 63.2 Å². The zero-order chi connectivity index (χ0) is 41.6. The van der Waals surface area contributed by atoms with Gasteiger partial charge in [0.2, 0.25) is 0 Å². The van der Waals surface area contributed by atoms with Gasteiger partial charge in [-0.1, -0.05) is 44.2 Å². The van der Waals surface area contributed by atoms with E-state index in [9.17, 15) is 22.8 Å². The molecule has 0 spiro atoms. The molecule has 4 aromatic rings. The first kappa shape index (κ1) is 41.2. The molecule has 4 aliphatic heterocycles. The van der Waals surface area contributed by atoms with Crippen molar-refractivity contribution in [2.45, 2.75) is 83.4 Å². The molecule has 3 fully saturated rings. The molecule has 3 saturated heterocycles. The fourth-order valence-corrected chi connectivity index (χ4v) is 9.11. The van der Waals surface area contributed by atoms with Gasteiger partial charge < -0.3 is 29.4 Å². The number of halogens is 3. The lowest BCUT2D eigenvalue weighted by molar-refractivity contribution is -0.155. The molecule has 0 radical (unpaired) electrons. The van der Waals surface area contributed by atoms with Crippen LogP contribution in [0.4, 0.5) is 18.9 Å². The van der Waals surface area contributed by atoms with Crippen molar-refractivity contribution in [2.75, 3.05) is 64.6 Å². The van der Waals surface area contributed by atoms with Gasteiger partial charge in [0.05, 0.1) is 61.3 Å². The first-order valence-corrected chi connectivity index (χ1v) is 20.6. The molecule has 0 saturated carbocycles. The van der Waals surface area contributed by atoms with Crippen LogP contribution in [0.3, 0.4) is 0 Å². The normalized spacial score (nSPS) is 23.8. The highest BCUT2D eigenvalue weighted by atomic mass is 19.4. The molecule has 1 amide bonds. The summed E-state index contributed by atoms with van der Waals surface area (Å²) in [7, 11) is 1.57. The number of morpholine rings is 1. The SMILES string of the molecule is CO[C@@H](C)c1ncc(N2CCN3CCOC[C@@H]3C2)cc1-c1c2c3cc(ccc3n1CC(F)(F)F)-c1cccc(c1)C[C@H](N)C(=O)N1CCC[C@H](N1)C(=O)OCC(C)(C)C2. The molecule has 0 aliphatic carbocycles. The number of rotatable bonds is 5. The number of aromatic nitrogens is 2. The van der Waals surface area contributed by atoms with Gasteiger partial charge in [-0.15, -0.1) is 0 Å². The maximum atomic E-state index is 14.9. The lowest BCUT2D eigenvalue weighted by Crippen LogP contribution is -2.59. The molecular weight excluding hydrogens is 764 g/mol. The van der Waals surface area contributed by atoms with Crippen molar-refractivity contribution in [1.29, 1.82) is 0 Å². The number of cyclic esters (lactones) is 1. The molecule has 316 valence electrons. The third kappa shape index (κ3) is 8.71. The van der Waals surface area contributed by atoms with Crippen molar-refractivity contribution < 1.29 is 37.0 Å². The Kier molecular flexibility index (Phi) is 11.5. The number of benzene rings is 2. The lowest BCUT2D eigenvalue weighted by Gasteiger charge is -2.44. The molecule has 15 heteroatoms. The maximum Gasteiger partial charge on any atom is 0.406 e. The lowest BCUT2D eigenvalue weighted by atomic mass is 9.84. The largest absolute Gasteiger partial charge is 0.464 e. The Morgan fingerprint density at radius 3 is 2.68 bits per heavy atom. The van der Waals surface area contributed by atoms with Crippen molar-refractivity contribution >= 4 is 28.5 Å². The molecule has 12 nitrogen and oxygen atoms in total. The molecule has 0 unspecified atom stereocenters. The van der Waals surface area contributed by atoms with E-state index < -0.39 is 42.3 Å². The molecule has 4 aliphatic rings. The van der Waals surface area contributed by atoms with Crippen molar-refractivity contribution in [3.63, 3.8) is 0 Å². The monoisotopic (exact) mass is 817 g/mol. The summed E-state index contributed by atoms with van der Waals surface area (Å²) >= 11 is 0. The minimum absolute atomic E-state index is 0.0159. The zero-order valence-electron chi connectivity index (χ0n) is 34.2. The topological polar surface area (TPSA) is 127 Å². The highest BCUT2D eigenvalue weighted by Crippen LogP contribution is 2.44. The maximum absolute atomic E-state index is 14.9. The number of nitrogens with zero attached hydrogens (tertiary/aromatic N) is 5. The summed E-state index contributed by atoms with van der Waals surface area (Å²) in [5, 5.41) is 2.08. The minimum atomic E-state index is -4.56. The van der Waals surface area contributed by atoms with E-state index >= 15 is 0 Å². The number of esters is 1. The molecule has 6 heterocycles. The van der Waals surface area contributed by atoms with E-state index in [-0.39, 0.29) is 31.4 Å². The summed E-state index contributed by atoms with van der Waals surface area (Å²) in [6.07, 6.45) is -1.72. The van der Waals surface area contributed by atoms with Crippen LogP contribution in [0.2, 0.25) is 0 Å². The Bertz CT molecular complexity index is 2210. The number of anilines is 1. The van der Waals surface area contributed by atoms with Crippen LogP contribution in [-0.4, -0.2) is 115 Å². The van der Waals surface area contributed by atoms with Crippen LogP contribution in [0.25, 0.3) is 33.3 Å². The quantitative estimate of drug-likeness (QED) is 0.244. The summed E-state index contributed by atoms with van der Waals surface area (Å²) < 4.78 is 63.7. The van der Waals surface area contributed by atoms with Gasteiger partial charge in [-0.2, -0.15) is 13.2 Å². The number of hydrogen-bond acceptors (Lipinski definition) is 10. The van der Waals surface area contributed by atoms with E-state index in [0.717, 1.165) is 42.0 Å². The molecule has 6 bridgehead atoms. The Labute approximate surface area is 342 Å². The van der Waals surface area contributed by atoms with E-state index in [0.29, 0.717) is 72.6 Å². The first-order valence-electron chi connectivity index (χ1n) is 20.6. The fourth-order valence-electron chi connectivity index (χ4n) is 9.11. The van der Waals surface area contributed by atoms with Crippen LogP contribution in [0.1, 0.15) is 56.5 Å². The van der Waals surface area contributed by atoms with Crippen molar-refractivity contribution in [2.24, 2.45) is 11.1 Å². The van der Waals surface area contributed by atoms with Gasteiger partial charge in [-0.05, 0) is 73.1 Å². The number of carbonyl (C=O) groups is 2. The zero-order valence-corrected chi connectivity index (χ0v) is 34.2. The fraction of sp³-hybridized carbons (Fsp3) is 0.523. The highest BCUT2D eigenvalue weighted by Gasteiger charge is 2.37. The summed E-state index contributed by atoms with van der Waals surface area (Å²) in [6.45, 7) is 9.37. The molecule has 2 aromatic heterocycles. The van der Waals surface area contributed by atoms with Crippen molar-refractivity contribution in [3.8, 4) is 22.4 Å². The summed E-state index contributed by atoms with van der Waals surface area (Å²) in [5.74, 6) is -0.818. The number of carbonyl (C=O) groups excluding carboxylic acids is 2. The number of nitrogens with one attached hydrogen (secondary N) is 1. The second-order valence-corrected chi connectivity index (χ2v) is 17.2. The van der Waals surface area contributed by atoms with Crippen LogP contribution in [0.15, 0.2) is 54.7 Å². The molecule has 2 aromatic carbocycles. The Morgan fingerprint density at radius 1 is 1.07 bits per heavy atom. The van der Waals surface area contributed by atoms with Gasteiger partial charge in [0, 0.05) is 61.7 Å². The van der Waals surface area contributed by atoms with Crippen LogP contribution in [-0.2, 0) is 43.2 Å². The van der Waals surface area contributed by atoms with Crippen LogP contribution in [0.5, 0.6) is 0 Å². The highest BCUT2D eigenvalue weighted by molar-refractivity contribution is 5.96. The average Bonchev–Trinajstić information content (AvgIpc) is 3.51. The second kappa shape index (κ2) is 16.5. The number of nitrogens with two attached hydrogens (primary N) is 1. The molecule has 8 rings (SSSR count). The summed E-state index contributed by atoms with van der Waals surface area (Å²) in [6, 6.07) is 13.8. The van der Waals surface area contributed by atoms with E-state index in [1.54, 1.807) is 19.4 Å². The van der Waals surface area contributed by atoms with Gasteiger partial charge in [-0.3, -0.25) is 24.5 Å². The molecule has 3 N–H and O–H groups in total. The van der Waals surface area contributed by atoms with Crippen LogP contribution in [0, 0.1) is 5.41 Å². The second-order valence-electron chi connectivity index (χ2n) is 17.2. The van der Waals surface area contributed by atoms with Crippen LogP contribution < -0.4 is 16.1 Å². The number of hydrazine groups is 1. The smallest absolute Gasteiger partial charge is 0.406 e. The number of amides is 1. The van der Waals surface area contributed by atoms with Gasteiger partial charge in [0.1, 0.15) is 12.6 Å². The van der Waals surface area contributed by atoms with Crippen molar-refractivity contribution in [3.05, 3.63) is 71.5 Å². The number of alkyl halides is 3. The molecule has 59 heavy (non-hydrogen) atoms. The average molecular weight is 818 g/mol. The minimum Gasteiger partial charge on any atom is -0.464 e. The third-order valence-corrected chi connectivity index (χ3v) is 12.2. The Hall–Kier alpha value is -4.54. The van der Waals surface area contributed by atoms with Gasteiger partial charge >= 0.3 is 12.1 Å². The van der Waals surface area contributed by atoms with E-state index in [2.05, 4.69) is 15.2 Å². The molecule has 4 atom stereocenters. The third-order valence-electron chi connectivity index (χ3n) is 12.2. The van der Waals surface area contributed by atoms with E-state index in [4.69, 9.17) is 24.9 Å². The first-order chi connectivity index (χ1) is 28.2. The summed E-state index contributed by atoms with van der Waals surface area (Å²) in [4.78, 5) is 36.7. The van der Waals surface area contributed by atoms with Crippen LogP contribution >= 0.6 is 0 Å². The predicted molar refractivity (Wildman–Crippen MR) is 218 cm³/mol. The Balaban J connectivity index is 1.32. The van der Waals surface area contributed by atoms with Gasteiger partial charge in [-0.25, -0.2) is 5.43 Å². The number of hydrogen-bond donors (Lipinski definition) is 2. The molecular formula is C44H54F3N7O5. The van der Waals surface area contributed by atoms with Gasteiger partial charge in [0.15, 0.2) is 0 Å². The number of methoxy groups -OCH3 is 1. The number of fused-ring (bicyclic) bond motifs is 7. The van der Waals surface area contributed by atoms with Gasteiger partial charge in [0.25, 0.3) is 5.91 Å². The number of pyridine rings is 1. The summed E-state index contributed by atoms with van der Waals surface area (Å²) in [5.41, 5.74) is 14.7.